The molecule has 1 saturated heterocycles. The van der Waals surface area contributed by atoms with Crippen LogP contribution in [0.5, 0.6) is 0 Å². The Morgan fingerprint density at radius 2 is 1.76 bits per heavy atom. The molecule has 1 amide bonds. The van der Waals surface area contributed by atoms with E-state index in [0.29, 0.717) is 23.0 Å². The van der Waals surface area contributed by atoms with Crippen molar-refractivity contribution < 1.29 is 14.7 Å². The molecule has 0 bridgehead atoms. The van der Waals surface area contributed by atoms with Gasteiger partial charge in [0.1, 0.15) is 4.88 Å². The van der Waals surface area contributed by atoms with Gasteiger partial charge in [-0.2, -0.15) is 0 Å². The molecule has 1 aliphatic heterocycles. The van der Waals surface area contributed by atoms with Crippen LogP contribution in [0.25, 0.3) is 10.4 Å². The van der Waals surface area contributed by atoms with Crippen molar-refractivity contribution in [3.8, 4) is 10.4 Å². The lowest BCUT2D eigenvalue weighted by molar-refractivity contribution is -0.120. The number of carbonyl (C=O) groups is 2. The molecule has 1 unspecified atom stereocenters. The predicted octanol–water partition coefficient (Wildman–Crippen LogP) is 6.87. The first kappa shape index (κ1) is 21.8. The Kier molecular flexibility index (Phi) is 7.01. The van der Waals surface area contributed by atoms with Gasteiger partial charge in [-0.25, -0.2) is 4.79 Å². The number of carboxylic acid groups (broad SMARTS) is 1. The van der Waals surface area contributed by atoms with Crippen LogP contribution in [-0.2, 0) is 4.79 Å². The maximum atomic E-state index is 12.9. The second-order valence-corrected chi connectivity index (χ2v) is 9.25. The molecule has 1 aliphatic carbocycles. The summed E-state index contributed by atoms with van der Waals surface area (Å²) in [6, 6.07) is 9.38. The summed E-state index contributed by atoms with van der Waals surface area (Å²) >= 11 is 7.22. The number of hydrogen-bond donors (Lipinski definition) is 1. The highest BCUT2D eigenvalue weighted by Crippen LogP contribution is 2.42. The van der Waals surface area contributed by atoms with E-state index < -0.39 is 5.97 Å². The van der Waals surface area contributed by atoms with Gasteiger partial charge >= 0.3 is 5.97 Å². The molecule has 29 heavy (non-hydrogen) atoms. The van der Waals surface area contributed by atoms with E-state index in [-0.39, 0.29) is 24.3 Å². The SMILES string of the molecule is C.O=C(O)c1sc(-c2ccc(Cl)cc2)cc1N1C(=O)CCCC1C1CCCCC1. The zero-order valence-electron chi connectivity index (χ0n) is 15.7. The second kappa shape index (κ2) is 9.31. The number of benzene rings is 1. The summed E-state index contributed by atoms with van der Waals surface area (Å²) in [5.74, 6) is -0.440. The molecule has 2 heterocycles. The molecular formula is C23H28ClNO3S. The van der Waals surface area contributed by atoms with Crippen LogP contribution in [0.1, 0.15) is 68.5 Å². The minimum atomic E-state index is -0.971. The van der Waals surface area contributed by atoms with Crippen molar-refractivity contribution in [1.29, 1.82) is 0 Å². The number of rotatable bonds is 4. The van der Waals surface area contributed by atoms with Crippen LogP contribution in [0.3, 0.4) is 0 Å². The molecule has 1 aromatic heterocycles. The minimum Gasteiger partial charge on any atom is -0.477 e. The van der Waals surface area contributed by atoms with Crippen molar-refractivity contribution in [1.82, 2.24) is 0 Å². The first-order chi connectivity index (χ1) is 13.5. The van der Waals surface area contributed by atoms with E-state index in [1.165, 1.54) is 30.6 Å². The van der Waals surface area contributed by atoms with Crippen LogP contribution < -0.4 is 4.90 Å². The maximum absolute atomic E-state index is 12.9. The van der Waals surface area contributed by atoms with Crippen LogP contribution >= 0.6 is 22.9 Å². The molecule has 4 rings (SSSR count). The Morgan fingerprint density at radius 3 is 2.41 bits per heavy atom. The van der Waals surface area contributed by atoms with Crippen LogP contribution in [0, 0.1) is 5.92 Å². The van der Waals surface area contributed by atoms with Gasteiger partial charge in [0.05, 0.1) is 5.69 Å². The molecule has 2 fully saturated rings. The molecule has 1 saturated carbocycles. The van der Waals surface area contributed by atoms with Crippen molar-refractivity contribution in [2.45, 2.75) is 64.8 Å². The number of carbonyl (C=O) groups excluding carboxylic acids is 1. The number of halogens is 1. The van der Waals surface area contributed by atoms with E-state index >= 15 is 0 Å². The molecular weight excluding hydrogens is 406 g/mol. The zero-order chi connectivity index (χ0) is 19.7. The lowest BCUT2D eigenvalue weighted by Gasteiger charge is -2.41. The van der Waals surface area contributed by atoms with Crippen LogP contribution in [0.2, 0.25) is 5.02 Å². The standard InChI is InChI=1S/C22H24ClNO3S.CH4/c23-16-11-9-15(10-12-16)19-13-18(21(28-19)22(26)27)24-17(7-4-8-20(24)25)14-5-2-1-3-6-14;/h9-14,17H,1-8H2,(H,26,27);1H4. The van der Waals surface area contributed by atoms with Crippen molar-refractivity contribution in [2.24, 2.45) is 5.92 Å². The van der Waals surface area contributed by atoms with Gasteiger partial charge in [-0.1, -0.05) is 50.4 Å². The Morgan fingerprint density at radius 1 is 1.07 bits per heavy atom. The Bertz CT molecular complexity index is 871. The number of amides is 1. The Hall–Kier alpha value is -1.85. The zero-order valence-corrected chi connectivity index (χ0v) is 17.3. The molecule has 1 N–H and O–H groups in total. The van der Waals surface area contributed by atoms with Crippen LogP contribution in [-0.4, -0.2) is 23.0 Å². The van der Waals surface area contributed by atoms with Crippen molar-refractivity contribution >= 4 is 40.5 Å². The molecule has 2 aliphatic rings. The lowest BCUT2D eigenvalue weighted by Crippen LogP contribution is -2.48. The van der Waals surface area contributed by atoms with Gasteiger partial charge in [0, 0.05) is 22.4 Å². The molecule has 6 heteroatoms. The molecule has 1 atom stereocenters. The highest BCUT2D eigenvalue weighted by Gasteiger charge is 2.38. The monoisotopic (exact) mass is 433 g/mol. The molecule has 156 valence electrons. The van der Waals surface area contributed by atoms with E-state index in [9.17, 15) is 14.7 Å². The van der Waals surface area contributed by atoms with Gasteiger partial charge in [-0.05, 0) is 55.4 Å². The lowest BCUT2D eigenvalue weighted by atomic mass is 9.79. The molecule has 1 aromatic carbocycles. The first-order valence-corrected chi connectivity index (χ1v) is 11.2. The third-order valence-corrected chi connectivity index (χ3v) is 7.39. The number of anilines is 1. The number of carboxylic acids is 1. The van der Waals surface area contributed by atoms with E-state index in [1.54, 1.807) is 12.1 Å². The fourth-order valence-electron chi connectivity index (χ4n) is 4.65. The average Bonchev–Trinajstić information content (AvgIpc) is 3.14. The van der Waals surface area contributed by atoms with Gasteiger partial charge in [0.25, 0.3) is 0 Å². The Labute approximate surface area is 181 Å². The van der Waals surface area contributed by atoms with Crippen molar-refractivity contribution in [3.63, 3.8) is 0 Å². The summed E-state index contributed by atoms with van der Waals surface area (Å²) in [5, 5.41) is 10.5. The Balaban J connectivity index is 0.00000240. The summed E-state index contributed by atoms with van der Waals surface area (Å²) in [7, 11) is 0. The maximum Gasteiger partial charge on any atom is 0.348 e. The summed E-state index contributed by atoms with van der Waals surface area (Å²) in [6.45, 7) is 0. The summed E-state index contributed by atoms with van der Waals surface area (Å²) < 4.78 is 0. The predicted molar refractivity (Wildman–Crippen MR) is 120 cm³/mol. The van der Waals surface area contributed by atoms with Gasteiger partial charge in [-0.3, -0.25) is 4.79 Å². The van der Waals surface area contributed by atoms with Crippen LogP contribution in [0.4, 0.5) is 5.69 Å². The summed E-state index contributed by atoms with van der Waals surface area (Å²) in [4.78, 5) is 27.9. The van der Waals surface area contributed by atoms with Crippen molar-refractivity contribution in [2.75, 3.05) is 4.90 Å². The van der Waals surface area contributed by atoms with Gasteiger partial charge in [0.15, 0.2) is 0 Å². The van der Waals surface area contributed by atoms with Crippen molar-refractivity contribution in [3.05, 3.63) is 40.2 Å². The third kappa shape index (κ3) is 4.51. The number of nitrogens with zero attached hydrogens (tertiary/aromatic N) is 1. The van der Waals surface area contributed by atoms with E-state index in [0.717, 1.165) is 36.1 Å². The van der Waals surface area contributed by atoms with Crippen LogP contribution in [0.15, 0.2) is 30.3 Å². The van der Waals surface area contributed by atoms with E-state index in [4.69, 9.17) is 11.6 Å². The molecule has 0 radical (unpaired) electrons. The van der Waals surface area contributed by atoms with E-state index in [2.05, 4.69) is 0 Å². The highest BCUT2D eigenvalue weighted by atomic mass is 35.5. The summed E-state index contributed by atoms with van der Waals surface area (Å²) in [6.07, 6.45) is 8.28. The first-order valence-electron chi connectivity index (χ1n) is 9.99. The highest BCUT2D eigenvalue weighted by molar-refractivity contribution is 7.18. The topological polar surface area (TPSA) is 57.6 Å². The van der Waals surface area contributed by atoms with Gasteiger partial charge in [0.2, 0.25) is 5.91 Å². The van der Waals surface area contributed by atoms with E-state index in [1.807, 2.05) is 23.1 Å². The fraction of sp³-hybridized carbons (Fsp3) is 0.478. The summed E-state index contributed by atoms with van der Waals surface area (Å²) in [5.41, 5.74) is 1.49. The number of piperidine rings is 1. The fourth-order valence-corrected chi connectivity index (χ4v) is 5.76. The third-order valence-electron chi connectivity index (χ3n) is 5.98. The number of thiophene rings is 1. The molecule has 4 nitrogen and oxygen atoms in total. The normalized spacial score (nSPS) is 20.4. The number of hydrogen-bond acceptors (Lipinski definition) is 3. The number of aromatic carboxylic acids is 1. The quantitative estimate of drug-likeness (QED) is 0.572. The molecule has 2 aromatic rings. The second-order valence-electron chi connectivity index (χ2n) is 7.76. The smallest absolute Gasteiger partial charge is 0.348 e. The molecule has 0 spiro atoms. The largest absolute Gasteiger partial charge is 0.477 e. The van der Waals surface area contributed by atoms with Gasteiger partial charge < -0.3 is 10.0 Å². The average molecular weight is 434 g/mol. The van der Waals surface area contributed by atoms with Gasteiger partial charge in [-0.15, -0.1) is 11.3 Å². The minimum absolute atomic E-state index is 0.